The van der Waals surface area contributed by atoms with Gasteiger partial charge in [-0.3, -0.25) is 0 Å². The lowest BCUT2D eigenvalue weighted by molar-refractivity contribution is -0.536. The number of fused-ring (bicyclic) bond motifs is 1. The minimum absolute atomic E-state index is 0.341. The Hall–Kier alpha value is -2.13. The molecule has 3 heteroatoms. The fourth-order valence-electron chi connectivity index (χ4n) is 3.28. The molecule has 0 amide bonds. The van der Waals surface area contributed by atoms with Gasteiger partial charge in [-0.25, -0.2) is 5.32 Å². The zero-order chi connectivity index (χ0) is 16.0. The number of nitrogens with zero attached hydrogens (tertiary/aromatic N) is 1. The third-order valence-corrected chi connectivity index (χ3v) is 4.23. The Morgan fingerprint density at radius 3 is 2.32 bits per heavy atom. The van der Waals surface area contributed by atoms with Crippen molar-refractivity contribution in [3.8, 4) is 0 Å². The minimum Gasteiger partial charge on any atom is -0.622 e. The van der Waals surface area contributed by atoms with Crippen molar-refractivity contribution >= 4 is 22.6 Å². The second kappa shape index (κ2) is 4.96. The molecule has 0 radical (unpaired) electrons. The fourth-order valence-corrected chi connectivity index (χ4v) is 3.28. The molecular weight excluding hydrogens is 272 g/mol. The zero-order valence-electron chi connectivity index (χ0n) is 13.6. The summed E-state index contributed by atoms with van der Waals surface area (Å²) in [7, 11) is 0. The molecule has 2 aromatic rings. The molecule has 0 saturated carbocycles. The molecule has 114 valence electrons. The number of hydroxylamine groups is 1. The van der Waals surface area contributed by atoms with E-state index in [2.05, 4.69) is 29.6 Å². The highest BCUT2D eigenvalue weighted by Gasteiger charge is 2.47. The van der Waals surface area contributed by atoms with Crippen LogP contribution in [0.3, 0.4) is 0 Å². The number of nitrogens with one attached hydrogen (secondary N) is 1. The van der Waals surface area contributed by atoms with E-state index in [9.17, 15) is 5.21 Å². The van der Waals surface area contributed by atoms with Crippen LogP contribution in [-0.4, -0.2) is 21.7 Å². The number of rotatable bonds is 2. The van der Waals surface area contributed by atoms with Crippen molar-refractivity contribution in [3.63, 3.8) is 0 Å². The number of benzene rings is 2. The number of hydrogen-bond donors (Lipinski definition) is 1. The van der Waals surface area contributed by atoms with Gasteiger partial charge in [0.15, 0.2) is 0 Å². The second-order valence-electron chi connectivity index (χ2n) is 6.89. The van der Waals surface area contributed by atoms with Crippen LogP contribution < -0.4 is 5.32 Å². The molecule has 0 fully saturated rings. The van der Waals surface area contributed by atoms with Crippen LogP contribution in [-0.2, 0) is 0 Å². The van der Waals surface area contributed by atoms with E-state index in [0.29, 0.717) is 0 Å². The molecule has 0 aromatic heterocycles. The van der Waals surface area contributed by atoms with Crippen LogP contribution in [0, 0.1) is 5.21 Å². The standard InChI is InChI=1S/C19H22N2O/c1-18(2)17(21(22)19(3,4)20-18)13-12-15-10-7-9-14-8-5-6-11-16(14)15/h5-13,20H,1-4H3/b13-12+. The first-order valence-electron chi connectivity index (χ1n) is 7.61. The lowest BCUT2D eigenvalue weighted by Gasteiger charge is -2.21. The summed E-state index contributed by atoms with van der Waals surface area (Å²) in [5, 5.41) is 18.3. The average Bonchev–Trinajstić information content (AvgIpc) is 2.61. The van der Waals surface area contributed by atoms with Crippen LogP contribution in [0.2, 0.25) is 0 Å². The SMILES string of the molecule is CC1(C)NC(C)(C)[N+]([O-])=C1/C=C/c1cccc2ccccc12. The summed E-state index contributed by atoms with van der Waals surface area (Å²) in [5.41, 5.74) is 0.957. The maximum atomic E-state index is 12.5. The van der Waals surface area contributed by atoms with E-state index >= 15 is 0 Å². The Morgan fingerprint density at radius 2 is 1.64 bits per heavy atom. The van der Waals surface area contributed by atoms with Crippen LogP contribution in [0.25, 0.3) is 16.8 Å². The molecule has 22 heavy (non-hydrogen) atoms. The summed E-state index contributed by atoms with van der Waals surface area (Å²) in [5.74, 6) is 0. The van der Waals surface area contributed by atoms with Crippen LogP contribution in [0.4, 0.5) is 0 Å². The van der Waals surface area contributed by atoms with Gasteiger partial charge in [-0.2, -0.15) is 4.74 Å². The van der Waals surface area contributed by atoms with Crippen molar-refractivity contribution in [1.29, 1.82) is 0 Å². The highest BCUT2D eigenvalue weighted by atomic mass is 16.5. The minimum atomic E-state index is -0.581. The largest absolute Gasteiger partial charge is 0.622 e. The van der Waals surface area contributed by atoms with Gasteiger partial charge in [0, 0.05) is 19.9 Å². The fraction of sp³-hybridized carbons (Fsp3) is 0.316. The molecule has 0 bridgehead atoms. The molecule has 1 aliphatic rings. The maximum absolute atomic E-state index is 12.5. The Bertz CT molecular complexity index is 780. The average molecular weight is 294 g/mol. The maximum Gasteiger partial charge on any atom is 0.222 e. The normalized spacial score (nSPS) is 20.2. The molecule has 0 unspecified atom stereocenters. The van der Waals surface area contributed by atoms with Gasteiger partial charge in [-0.1, -0.05) is 42.5 Å². The monoisotopic (exact) mass is 294 g/mol. The Kier molecular flexibility index (Phi) is 3.33. The van der Waals surface area contributed by atoms with Crippen molar-refractivity contribution < 1.29 is 4.74 Å². The zero-order valence-corrected chi connectivity index (χ0v) is 13.6. The van der Waals surface area contributed by atoms with Crippen LogP contribution in [0.5, 0.6) is 0 Å². The van der Waals surface area contributed by atoms with Crippen molar-refractivity contribution in [2.75, 3.05) is 0 Å². The van der Waals surface area contributed by atoms with Crippen LogP contribution >= 0.6 is 0 Å². The predicted octanol–water partition coefficient (Wildman–Crippen LogP) is 3.92. The molecule has 1 aliphatic heterocycles. The lowest BCUT2D eigenvalue weighted by Crippen LogP contribution is -2.49. The summed E-state index contributed by atoms with van der Waals surface area (Å²) in [4.78, 5) is 0. The van der Waals surface area contributed by atoms with E-state index < -0.39 is 5.66 Å². The molecule has 0 aliphatic carbocycles. The molecule has 1 heterocycles. The Balaban J connectivity index is 2.05. The second-order valence-corrected chi connectivity index (χ2v) is 6.89. The third-order valence-electron chi connectivity index (χ3n) is 4.23. The Morgan fingerprint density at radius 1 is 0.955 bits per heavy atom. The third kappa shape index (κ3) is 2.42. The van der Waals surface area contributed by atoms with Gasteiger partial charge in [0.25, 0.3) is 0 Å². The van der Waals surface area contributed by atoms with Gasteiger partial charge in [0.1, 0.15) is 5.54 Å². The topological polar surface area (TPSA) is 38.1 Å². The van der Waals surface area contributed by atoms with Gasteiger partial charge in [0.05, 0.1) is 0 Å². The van der Waals surface area contributed by atoms with Crippen LogP contribution in [0.1, 0.15) is 33.3 Å². The summed E-state index contributed by atoms with van der Waals surface area (Å²) in [6, 6.07) is 14.5. The van der Waals surface area contributed by atoms with E-state index in [1.807, 2.05) is 58.0 Å². The van der Waals surface area contributed by atoms with Crippen molar-refractivity contribution in [1.82, 2.24) is 5.32 Å². The molecule has 3 rings (SSSR count). The highest BCUT2D eigenvalue weighted by molar-refractivity contribution is 6.03. The first-order valence-corrected chi connectivity index (χ1v) is 7.61. The summed E-state index contributed by atoms with van der Waals surface area (Å²) >= 11 is 0. The van der Waals surface area contributed by atoms with Gasteiger partial charge in [0.2, 0.25) is 11.4 Å². The van der Waals surface area contributed by atoms with Crippen molar-refractivity contribution in [2.45, 2.75) is 38.9 Å². The smallest absolute Gasteiger partial charge is 0.222 e. The molecule has 0 spiro atoms. The van der Waals surface area contributed by atoms with E-state index in [4.69, 9.17) is 0 Å². The van der Waals surface area contributed by atoms with E-state index in [1.54, 1.807) is 0 Å². The van der Waals surface area contributed by atoms with Gasteiger partial charge < -0.3 is 5.21 Å². The highest BCUT2D eigenvalue weighted by Crippen LogP contribution is 2.25. The molecule has 3 nitrogen and oxygen atoms in total. The first kappa shape index (κ1) is 14.8. The van der Waals surface area contributed by atoms with Gasteiger partial charge >= 0.3 is 0 Å². The van der Waals surface area contributed by atoms with Crippen molar-refractivity contribution in [2.24, 2.45) is 0 Å². The number of hydrogen-bond acceptors (Lipinski definition) is 2. The molecule has 0 saturated heterocycles. The molecule has 1 N–H and O–H groups in total. The van der Waals surface area contributed by atoms with Crippen molar-refractivity contribution in [3.05, 3.63) is 59.3 Å². The summed E-state index contributed by atoms with van der Waals surface area (Å²) in [6.45, 7) is 7.88. The quantitative estimate of drug-likeness (QED) is 0.673. The van der Waals surface area contributed by atoms with E-state index in [1.165, 1.54) is 10.8 Å². The van der Waals surface area contributed by atoms with E-state index in [0.717, 1.165) is 16.0 Å². The lowest BCUT2D eigenvalue weighted by atomic mass is 9.97. The molecular formula is C19H22N2O. The predicted molar refractivity (Wildman–Crippen MR) is 92.9 cm³/mol. The Labute approximate surface area is 131 Å². The van der Waals surface area contributed by atoms with Gasteiger partial charge in [-0.15, -0.1) is 0 Å². The summed E-state index contributed by atoms with van der Waals surface area (Å²) in [6.07, 6.45) is 3.98. The molecule has 2 aromatic carbocycles. The molecule has 0 atom stereocenters. The summed E-state index contributed by atoms with van der Waals surface area (Å²) < 4.78 is 1.08. The first-order chi connectivity index (χ1) is 10.3. The van der Waals surface area contributed by atoms with E-state index in [-0.39, 0.29) is 5.54 Å². The van der Waals surface area contributed by atoms with Crippen LogP contribution in [0.15, 0.2) is 48.5 Å². The van der Waals surface area contributed by atoms with Gasteiger partial charge in [-0.05, 0) is 36.3 Å².